The van der Waals surface area contributed by atoms with Gasteiger partial charge in [0, 0.05) is 30.1 Å². The number of carboxylic acids is 1. The van der Waals surface area contributed by atoms with Crippen LogP contribution in [0.15, 0.2) is 48.5 Å². The number of hydrogen-bond acceptors (Lipinski definition) is 3. The maximum Gasteiger partial charge on any atom is 0.303 e. The third-order valence-electron chi connectivity index (χ3n) is 8.65. The molecule has 5 rings (SSSR count). The van der Waals surface area contributed by atoms with Gasteiger partial charge in [-0.05, 0) is 106 Å². The molecule has 1 unspecified atom stereocenters. The molecule has 0 saturated heterocycles. The number of aliphatic carboxylic acids is 1. The van der Waals surface area contributed by atoms with Gasteiger partial charge in [-0.1, -0.05) is 37.3 Å². The topological polar surface area (TPSA) is 66.8 Å². The number of carbonyl (C=O) groups is 2. The van der Waals surface area contributed by atoms with Gasteiger partial charge in [-0.25, -0.2) is 0 Å². The van der Waals surface area contributed by atoms with E-state index in [-0.39, 0.29) is 23.8 Å². The first-order chi connectivity index (χ1) is 18.1. The molecule has 200 valence electrons. The average Bonchev–Trinajstić information content (AvgIpc) is 2.91. The lowest BCUT2D eigenvalue weighted by atomic mass is 9.52. The van der Waals surface area contributed by atoms with Crippen LogP contribution in [0.5, 0.6) is 5.75 Å². The zero-order valence-electron chi connectivity index (χ0n) is 23.7. The number of fused-ring (bicyclic) bond motifs is 3. The fourth-order valence-electron chi connectivity index (χ4n) is 5.97. The molecular formula is C32H43NO4. The fourth-order valence-corrected chi connectivity index (χ4v) is 5.97. The van der Waals surface area contributed by atoms with E-state index in [9.17, 15) is 9.59 Å². The molecule has 37 heavy (non-hydrogen) atoms. The van der Waals surface area contributed by atoms with E-state index in [2.05, 4.69) is 19.1 Å². The molecular weight excluding hydrogens is 462 g/mol. The van der Waals surface area contributed by atoms with Crippen LogP contribution in [-0.2, 0) is 16.7 Å². The Labute approximate surface area is 223 Å². The van der Waals surface area contributed by atoms with Crippen LogP contribution in [0.3, 0.4) is 0 Å². The molecule has 5 nitrogen and oxygen atoms in total. The van der Waals surface area contributed by atoms with Gasteiger partial charge in [0.1, 0.15) is 5.75 Å². The molecule has 3 aliphatic carbocycles. The molecule has 2 bridgehead atoms. The van der Waals surface area contributed by atoms with Gasteiger partial charge in [-0.15, -0.1) is 0 Å². The fraction of sp³-hybridized carbons (Fsp3) is 0.562. The van der Waals surface area contributed by atoms with E-state index >= 15 is 0 Å². The van der Waals surface area contributed by atoms with Gasteiger partial charge in [0.05, 0.1) is 7.98 Å². The van der Waals surface area contributed by atoms with Crippen LogP contribution in [0.1, 0.15) is 108 Å². The minimum Gasteiger partial charge on any atom is -0.493 e. The average molecular weight is 507 g/mol. The Hall–Kier alpha value is -2.82. The Morgan fingerprint density at radius 2 is 1.62 bits per heavy atom. The highest BCUT2D eigenvalue weighted by Gasteiger charge is 2.46. The third kappa shape index (κ3) is 6.55. The molecule has 3 aliphatic rings. The van der Waals surface area contributed by atoms with Crippen LogP contribution in [0.4, 0.5) is 0 Å². The smallest absolute Gasteiger partial charge is 0.303 e. The van der Waals surface area contributed by atoms with Crippen LogP contribution in [-0.4, -0.2) is 34.5 Å². The molecule has 3 fully saturated rings. The van der Waals surface area contributed by atoms with Crippen molar-refractivity contribution in [3.8, 4) is 5.75 Å². The SMILES string of the molecule is [2H]C(c1ccccc1OCCCCCC(=O)O)N(C(=O)c1ccc(C23CCC(C)(CC2)CC3)cc1)C(C)C. The quantitative estimate of drug-likeness (QED) is 0.305. The maximum absolute atomic E-state index is 13.7. The van der Waals surface area contributed by atoms with Crippen molar-refractivity contribution in [3.05, 3.63) is 65.2 Å². The monoisotopic (exact) mass is 506 g/mol. The van der Waals surface area contributed by atoms with Crippen LogP contribution in [0, 0.1) is 5.41 Å². The number of carboxylic acid groups (broad SMARTS) is 1. The van der Waals surface area contributed by atoms with Crippen LogP contribution < -0.4 is 4.74 Å². The molecule has 1 N–H and O–H groups in total. The zero-order valence-corrected chi connectivity index (χ0v) is 22.7. The first-order valence-corrected chi connectivity index (χ1v) is 13.9. The van der Waals surface area contributed by atoms with E-state index in [1.165, 1.54) is 44.1 Å². The zero-order chi connectivity index (χ0) is 27.3. The lowest BCUT2D eigenvalue weighted by molar-refractivity contribution is -0.137. The second-order valence-corrected chi connectivity index (χ2v) is 11.7. The van der Waals surface area contributed by atoms with Gasteiger partial charge < -0.3 is 14.7 Å². The Morgan fingerprint density at radius 1 is 0.973 bits per heavy atom. The highest BCUT2D eigenvalue weighted by molar-refractivity contribution is 5.94. The Bertz CT molecular complexity index is 1090. The molecule has 1 amide bonds. The van der Waals surface area contributed by atoms with Gasteiger partial charge in [-0.3, -0.25) is 9.59 Å². The number of unbranched alkanes of at least 4 members (excludes halogenated alkanes) is 2. The number of carbonyl (C=O) groups excluding carboxylic acids is 1. The molecule has 0 heterocycles. The second kappa shape index (κ2) is 11.7. The summed E-state index contributed by atoms with van der Waals surface area (Å²) in [4.78, 5) is 26.0. The Morgan fingerprint density at radius 3 is 2.24 bits per heavy atom. The number of para-hydroxylation sites is 1. The summed E-state index contributed by atoms with van der Waals surface area (Å²) in [7, 11) is 0. The molecule has 1 atom stereocenters. The van der Waals surface area contributed by atoms with Crippen molar-refractivity contribution in [2.45, 2.75) is 103 Å². The van der Waals surface area contributed by atoms with E-state index in [1.54, 1.807) is 4.90 Å². The normalized spacial score (nSPS) is 23.9. The summed E-state index contributed by atoms with van der Waals surface area (Å²) in [5.41, 5.74) is 3.42. The molecule has 0 radical (unpaired) electrons. The van der Waals surface area contributed by atoms with Gasteiger partial charge in [-0.2, -0.15) is 0 Å². The number of hydrogen-bond donors (Lipinski definition) is 1. The molecule has 0 spiro atoms. The third-order valence-corrected chi connectivity index (χ3v) is 8.65. The summed E-state index contributed by atoms with van der Waals surface area (Å²) in [5.74, 6) is -0.329. The molecule has 2 aromatic rings. The minimum atomic E-state index is -0.904. The highest BCUT2D eigenvalue weighted by Crippen LogP contribution is 2.57. The molecule has 3 saturated carbocycles. The summed E-state index contributed by atoms with van der Waals surface area (Å²) in [6, 6.07) is 15.5. The van der Waals surface area contributed by atoms with Crippen molar-refractivity contribution in [1.29, 1.82) is 0 Å². The van der Waals surface area contributed by atoms with Crippen molar-refractivity contribution in [2.75, 3.05) is 6.61 Å². The van der Waals surface area contributed by atoms with Gasteiger partial charge in [0.25, 0.3) is 5.91 Å². The standard InChI is InChI=1S/C32H43NO4/c1-24(2)33(23-26-9-6-7-10-28(26)37-22-8-4-5-11-29(34)35)30(36)25-12-14-27(15-13-25)32-19-16-31(3,17-20-32)18-21-32/h6-7,9-10,12-15,24H,4-5,8,11,16-23H2,1-3H3,(H,34,35)/i23D. The van der Waals surface area contributed by atoms with Crippen molar-refractivity contribution in [2.24, 2.45) is 5.41 Å². The van der Waals surface area contributed by atoms with E-state index in [4.69, 9.17) is 11.2 Å². The van der Waals surface area contributed by atoms with Crippen LogP contribution >= 0.6 is 0 Å². The van der Waals surface area contributed by atoms with Crippen molar-refractivity contribution in [3.63, 3.8) is 0 Å². The predicted molar refractivity (Wildman–Crippen MR) is 147 cm³/mol. The number of benzene rings is 2. The first kappa shape index (κ1) is 25.8. The molecule has 2 aromatic carbocycles. The lowest BCUT2D eigenvalue weighted by Crippen LogP contribution is -2.42. The van der Waals surface area contributed by atoms with Crippen molar-refractivity contribution >= 4 is 11.9 Å². The van der Waals surface area contributed by atoms with Gasteiger partial charge >= 0.3 is 5.97 Å². The summed E-state index contributed by atoms with van der Waals surface area (Å²) in [5, 5.41) is 8.79. The summed E-state index contributed by atoms with van der Waals surface area (Å²) in [6.07, 6.45) is 9.88. The number of ether oxygens (including phenoxy) is 1. The summed E-state index contributed by atoms with van der Waals surface area (Å²) in [6.45, 7) is 5.86. The van der Waals surface area contributed by atoms with Crippen molar-refractivity contribution < 1.29 is 20.8 Å². The van der Waals surface area contributed by atoms with E-state index < -0.39 is 12.5 Å². The van der Waals surface area contributed by atoms with E-state index in [0.717, 1.165) is 12.8 Å². The number of rotatable bonds is 12. The predicted octanol–water partition coefficient (Wildman–Crippen LogP) is 7.37. The van der Waals surface area contributed by atoms with E-state index in [0.29, 0.717) is 35.3 Å². The molecule has 0 aliphatic heterocycles. The minimum absolute atomic E-state index is 0.146. The van der Waals surface area contributed by atoms with Gasteiger partial charge in [0.2, 0.25) is 0 Å². The number of amides is 1. The Kier molecular flexibility index (Phi) is 8.17. The van der Waals surface area contributed by atoms with Crippen molar-refractivity contribution in [1.82, 2.24) is 4.90 Å². The highest BCUT2D eigenvalue weighted by atomic mass is 16.5. The van der Waals surface area contributed by atoms with E-state index in [1.807, 2.05) is 50.2 Å². The van der Waals surface area contributed by atoms with Gasteiger partial charge in [0.15, 0.2) is 0 Å². The molecule has 0 aromatic heterocycles. The largest absolute Gasteiger partial charge is 0.493 e. The first-order valence-electron chi connectivity index (χ1n) is 14.5. The second-order valence-electron chi connectivity index (χ2n) is 11.7. The van der Waals surface area contributed by atoms with Crippen LogP contribution in [0.2, 0.25) is 0 Å². The molecule has 5 heteroatoms. The van der Waals surface area contributed by atoms with Crippen LogP contribution in [0.25, 0.3) is 0 Å². The summed E-state index contributed by atoms with van der Waals surface area (Å²) < 4.78 is 15.1. The maximum atomic E-state index is 13.7. The summed E-state index contributed by atoms with van der Waals surface area (Å²) >= 11 is 0. The lowest BCUT2D eigenvalue weighted by Gasteiger charge is -2.52. The number of nitrogens with zero attached hydrogens (tertiary/aromatic N) is 1. The Balaban J connectivity index is 1.44.